The quantitative estimate of drug-likeness (QED) is 0.465. The topological polar surface area (TPSA) is 125 Å². The summed E-state index contributed by atoms with van der Waals surface area (Å²) in [5.41, 5.74) is 1.18. The molecular weight excluding hydrogens is 394 g/mol. The molecule has 0 aliphatic carbocycles. The van der Waals surface area contributed by atoms with E-state index in [1.807, 2.05) is 0 Å². The number of benzene rings is 1. The van der Waals surface area contributed by atoms with Gasteiger partial charge in [-0.3, -0.25) is 9.59 Å². The summed E-state index contributed by atoms with van der Waals surface area (Å²) in [6.07, 6.45) is 1.58. The minimum Gasteiger partial charge on any atom is -0.360 e. The summed E-state index contributed by atoms with van der Waals surface area (Å²) in [6.45, 7) is 7.32. The van der Waals surface area contributed by atoms with E-state index in [2.05, 4.69) is 33.0 Å². The van der Waals surface area contributed by atoms with E-state index >= 15 is 0 Å². The number of carbonyl (C=O) groups excluding carboxylic acids is 3. The molecule has 1 atom stereocenters. The third kappa shape index (κ3) is 7.70. The first-order valence-electron chi connectivity index (χ1n) is 8.79. The van der Waals surface area contributed by atoms with Crippen molar-refractivity contribution in [3.8, 4) is 0 Å². The van der Waals surface area contributed by atoms with Crippen molar-refractivity contribution >= 4 is 46.8 Å². The van der Waals surface area contributed by atoms with Crippen LogP contribution >= 0.6 is 11.8 Å². The number of aryl methyl sites for hydroxylation is 1. The lowest BCUT2D eigenvalue weighted by Gasteiger charge is -2.11. The third-order valence-corrected chi connectivity index (χ3v) is 4.69. The van der Waals surface area contributed by atoms with Gasteiger partial charge in [0.25, 0.3) is 0 Å². The van der Waals surface area contributed by atoms with Crippen LogP contribution in [-0.2, 0) is 9.59 Å². The highest BCUT2D eigenvalue weighted by Crippen LogP contribution is 2.17. The Morgan fingerprint density at radius 3 is 2.41 bits per heavy atom. The van der Waals surface area contributed by atoms with E-state index in [1.54, 1.807) is 50.3 Å². The average Bonchev–Trinajstić information content (AvgIpc) is 3.10. The Bertz CT molecular complexity index is 866. The lowest BCUT2D eigenvalue weighted by molar-refractivity contribution is -0.115. The number of nitrogens with zero attached hydrogens (tertiary/aromatic N) is 1. The maximum absolute atomic E-state index is 12.1. The molecule has 0 bridgehead atoms. The normalized spacial score (nSPS) is 11.2. The summed E-state index contributed by atoms with van der Waals surface area (Å²) in [4.78, 5) is 35.8. The number of rotatable bonds is 9. The third-order valence-electron chi connectivity index (χ3n) is 3.55. The molecule has 9 nitrogen and oxygen atoms in total. The zero-order valence-electron chi connectivity index (χ0n) is 16.2. The van der Waals surface area contributed by atoms with Crippen molar-refractivity contribution in [2.75, 3.05) is 28.2 Å². The Labute approximate surface area is 172 Å². The molecule has 0 aliphatic heterocycles. The fourth-order valence-electron chi connectivity index (χ4n) is 2.10. The van der Waals surface area contributed by atoms with Crippen molar-refractivity contribution in [3.63, 3.8) is 0 Å². The molecule has 29 heavy (non-hydrogen) atoms. The van der Waals surface area contributed by atoms with Crippen LogP contribution in [0.3, 0.4) is 0 Å². The van der Waals surface area contributed by atoms with Crippen molar-refractivity contribution in [1.82, 2.24) is 10.5 Å². The van der Waals surface area contributed by atoms with Gasteiger partial charge in [-0.05, 0) is 38.1 Å². The number of anilines is 3. The number of hydrogen-bond acceptors (Lipinski definition) is 6. The Balaban J connectivity index is 1.74. The van der Waals surface area contributed by atoms with Crippen LogP contribution in [0.15, 0.2) is 47.5 Å². The molecule has 10 heteroatoms. The van der Waals surface area contributed by atoms with Crippen molar-refractivity contribution in [1.29, 1.82) is 0 Å². The van der Waals surface area contributed by atoms with Crippen LogP contribution in [0.25, 0.3) is 0 Å². The van der Waals surface area contributed by atoms with Crippen LogP contribution in [-0.4, -0.2) is 40.5 Å². The zero-order chi connectivity index (χ0) is 21.2. The van der Waals surface area contributed by atoms with E-state index in [-0.39, 0.29) is 23.6 Å². The van der Waals surface area contributed by atoms with Crippen molar-refractivity contribution in [2.24, 2.45) is 0 Å². The molecule has 0 spiro atoms. The van der Waals surface area contributed by atoms with Crippen molar-refractivity contribution in [3.05, 3.63) is 48.7 Å². The minimum atomic E-state index is -0.446. The van der Waals surface area contributed by atoms with Crippen LogP contribution in [0.4, 0.5) is 22.0 Å². The predicted octanol–water partition coefficient (Wildman–Crippen LogP) is 2.99. The van der Waals surface area contributed by atoms with E-state index in [4.69, 9.17) is 4.52 Å². The number of urea groups is 1. The van der Waals surface area contributed by atoms with Gasteiger partial charge < -0.3 is 25.8 Å². The Morgan fingerprint density at radius 2 is 1.83 bits per heavy atom. The van der Waals surface area contributed by atoms with Gasteiger partial charge in [0.2, 0.25) is 11.8 Å². The van der Waals surface area contributed by atoms with E-state index in [1.165, 1.54) is 11.8 Å². The molecule has 0 aliphatic rings. The maximum atomic E-state index is 12.1. The molecule has 154 valence electrons. The van der Waals surface area contributed by atoms with Crippen LogP contribution in [0.5, 0.6) is 0 Å². The van der Waals surface area contributed by atoms with Gasteiger partial charge in [-0.2, -0.15) is 0 Å². The number of carbonyl (C=O) groups is 3. The van der Waals surface area contributed by atoms with Crippen LogP contribution in [0.1, 0.15) is 12.7 Å². The van der Waals surface area contributed by atoms with Crippen LogP contribution < -0.4 is 21.3 Å². The van der Waals surface area contributed by atoms with Gasteiger partial charge in [-0.15, -0.1) is 18.3 Å². The second-order valence-corrected chi connectivity index (χ2v) is 7.34. The highest BCUT2D eigenvalue weighted by atomic mass is 32.2. The van der Waals surface area contributed by atoms with Gasteiger partial charge in [0.1, 0.15) is 5.76 Å². The molecule has 0 saturated heterocycles. The van der Waals surface area contributed by atoms with Gasteiger partial charge in [-0.25, -0.2) is 4.79 Å². The summed E-state index contributed by atoms with van der Waals surface area (Å²) in [7, 11) is 0. The first kappa shape index (κ1) is 22.0. The Hall–Kier alpha value is -3.27. The smallest absolute Gasteiger partial charge is 0.319 e. The van der Waals surface area contributed by atoms with E-state index in [0.29, 0.717) is 29.5 Å². The molecule has 1 unspecified atom stereocenters. The SMILES string of the molecule is C=CCNC(=O)Nc1ccc(NC(=O)CSC(C)C(=O)Nc2cc(C)on2)cc1. The molecule has 2 aromatic rings. The molecule has 1 heterocycles. The number of thioether (sulfide) groups is 1. The van der Waals surface area contributed by atoms with E-state index in [9.17, 15) is 14.4 Å². The molecule has 0 radical (unpaired) electrons. The van der Waals surface area contributed by atoms with Gasteiger partial charge >= 0.3 is 6.03 Å². The maximum Gasteiger partial charge on any atom is 0.319 e. The second-order valence-electron chi connectivity index (χ2n) is 6.01. The molecule has 4 amide bonds. The number of hydrogen-bond donors (Lipinski definition) is 4. The molecule has 0 fully saturated rings. The summed E-state index contributed by atoms with van der Waals surface area (Å²) < 4.78 is 4.89. The van der Waals surface area contributed by atoms with Gasteiger partial charge in [-0.1, -0.05) is 11.2 Å². The average molecular weight is 417 g/mol. The lowest BCUT2D eigenvalue weighted by Crippen LogP contribution is -2.28. The largest absolute Gasteiger partial charge is 0.360 e. The fraction of sp³-hybridized carbons (Fsp3) is 0.263. The summed E-state index contributed by atoms with van der Waals surface area (Å²) in [5.74, 6) is 0.545. The molecule has 0 saturated carbocycles. The minimum absolute atomic E-state index is 0.108. The predicted molar refractivity (Wildman–Crippen MR) is 114 cm³/mol. The van der Waals surface area contributed by atoms with Crippen molar-refractivity contribution < 1.29 is 18.9 Å². The monoisotopic (exact) mass is 417 g/mol. The Kier molecular flexibility index (Phi) is 8.28. The van der Waals surface area contributed by atoms with E-state index in [0.717, 1.165) is 0 Å². The fourth-order valence-corrected chi connectivity index (χ4v) is 2.79. The highest BCUT2D eigenvalue weighted by Gasteiger charge is 2.17. The number of amides is 4. The summed E-state index contributed by atoms with van der Waals surface area (Å²) in [5, 5.41) is 13.9. The standard InChI is InChI=1S/C19H23N5O4S/c1-4-9-20-19(27)22-15-7-5-14(6-8-15)21-17(25)11-29-13(3)18(26)23-16-10-12(2)28-24-16/h4-8,10,13H,1,9,11H2,2-3H3,(H,21,25)(H2,20,22,27)(H,23,24,26). The lowest BCUT2D eigenvalue weighted by atomic mass is 10.3. The number of aromatic nitrogens is 1. The van der Waals surface area contributed by atoms with Crippen LogP contribution in [0.2, 0.25) is 0 Å². The molecule has 4 N–H and O–H groups in total. The molecule has 1 aromatic heterocycles. The van der Waals surface area contributed by atoms with Gasteiger partial charge in [0, 0.05) is 24.0 Å². The Morgan fingerprint density at radius 1 is 1.17 bits per heavy atom. The van der Waals surface area contributed by atoms with Crippen LogP contribution in [0, 0.1) is 6.92 Å². The second kappa shape index (κ2) is 10.9. The summed E-state index contributed by atoms with van der Waals surface area (Å²) in [6, 6.07) is 7.97. The van der Waals surface area contributed by atoms with Gasteiger partial charge in [0.15, 0.2) is 5.82 Å². The molecule has 1 aromatic carbocycles. The molecular formula is C19H23N5O4S. The number of nitrogens with one attached hydrogen (secondary N) is 4. The van der Waals surface area contributed by atoms with Crippen molar-refractivity contribution in [2.45, 2.75) is 19.1 Å². The van der Waals surface area contributed by atoms with Gasteiger partial charge in [0.05, 0.1) is 11.0 Å². The van der Waals surface area contributed by atoms with E-state index < -0.39 is 5.25 Å². The highest BCUT2D eigenvalue weighted by molar-refractivity contribution is 8.01. The first-order valence-corrected chi connectivity index (χ1v) is 9.83. The first-order chi connectivity index (χ1) is 13.9. The molecule has 2 rings (SSSR count). The summed E-state index contributed by atoms with van der Waals surface area (Å²) >= 11 is 1.20. The zero-order valence-corrected chi connectivity index (χ0v) is 17.0.